The van der Waals surface area contributed by atoms with Gasteiger partial charge in [-0.2, -0.15) is 4.98 Å². The van der Waals surface area contributed by atoms with Crippen LogP contribution in [0.3, 0.4) is 0 Å². The zero-order valence-corrected chi connectivity index (χ0v) is 12.3. The lowest BCUT2D eigenvalue weighted by Crippen LogP contribution is -2.29. The van der Waals surface area contributed by atoms with Crippen LogP contribution in [-0.4, -0.2) is 33.8 Å². The van der Waals surface area contributed by atoms with E-state index in [1.54, 1.807) is 13.8 Å². The summed E-state index contributed by atoms with van der Waals surface area (Å²) in [7, 11) is 0. The van der Waals surface area contributed by atoms with Gasteiger partial charge in [-0.05, 0) is 26.7 Å². The maximum absolute atomic E-state index is 11.9. The van der Waals surface area contributed by atoms with Crippen LogP contribution >= 0.6 is 0 Å². The van der Waals surface area contributed by atoms with Crippen LogP contribution in [0.4, 0.5) is 0 Å². The normalized spacial score (nSPS) is 10.8. The largest absolute Gasteiger partial charge is 0.481 e. The van der Waals surface area contributed by atoms with Crippen molar-refractivity contribution in [3.8, 4) is 0 Å². The summed E-state index contributed by atoms with van der Waals surface area (Å²) in [6, 6.07) is 0. The van der Waals surface area contributed by atoms with E-state index in [9.17, 15) is 9.59 Å². The molecule has 1 aromatic heterocycles. The SMILES string of the molecule is CCCOCCCn1c(C)c(CC(=O)O)c(C)nc1=O. The molecule has 0 unspecified atom stereocenters. The van der Waals surface area contributed by atoms with Crippen LogP contribution < -0.4 is 5.69 Å². The number of carboxylic acids is 1. The summed E-state index contributed by atoms with van der Waals surface area (Å²) in [5, 5.41) is 8.91. The quantitative estimate of drug-likeness (QED) is 0.727. The standard InChI is InChI=1S/C14H22N2O4/c1-4-7-20-8-5-6-16-11(3)12(9-13(17)18)10(2)15-14(16)19/h4-9H2,1-3H3,(H,17,18). The Hall–Kier alpha value is -1.69. The van der Waals surface area contributed by atoms with Crippen molar-refractivity contribution in [3.63, 3.8) is 0 Å². The third kappa shape index (κ3) is 4.45. The van der Waals surface area contributed by atoms with E-state index in [0.29, 0.717) is 43.1 Å². The minimum absolute atomic E-state index is 0.114. The summed E-state index contributed by atoms with van der Waals surface area (Å²) >= 11 is 0. The molecule has 0 atom stereocenters. The van der Waals surface area contributed by atoms with Gasteiger partial charge in [-0.25, -0.2) is 4.79 Å². The van der Waals surface area contributed by atoms with E-state index in [1.807, 2.05) is 6.92 Å². The first-order valence-corrected chi connectivity index (χ1v) is 6.83. The summed E-state index contributed by atoms with van der Waals surface area (Å²) in [6.45, 7) is 7.26. The van der Waals surface area contributed by atoms with E-state index in [-0.39, 0.29) is 12.1 Å². The van der Waals surface area contributed by atoms with E-state index in [2.05, 4.69) is 4.98 Å². The van der Waals surface area contributed by atoms with Gasteiger partial charge in [0, 0.05) is 36.7 Å². The summed E-state index contributed by atoms with van der Waals surface area (Å²) < 4.78 is 6.90. The first kappa shape index (κ1) is 16.4. The van der Waals surface area contributed by atoms with E-state index >= 15 is 0 Å². The molecule has 6 nitrogen and oxygen atoms in total. The first-order valence-electron chi connectivity index (χ1n) is 6.83. The summed E-state index contributed by atoms with van der Waals surface area (Å²) in [6.07, 6.45) is 1.56. The fourth-order valence-corrected chi connectivity index (χ4v) is 2.08. The Balaban J connectivity index is 2.84. The average Bonchev–Trinajstić information content (AvgIpc) is 2.37. The molecule has 0 fully saturated rings. The molecule has 1 N–H and O–H groups in total. The van der Waals surface area contributed by atoms with Crippen molar-refractivity contribution < 1.29 is 14.6 Å². The third-order valence-corrected chi connectivity index (χ3v) is 3.12. The van der Waals surface area contributed by atoms with Crippen LogP contribution in [0, 0.1) is 13.8 Å². The Kier molecular flexibility index (Phi) is 6.38. The fourth-order valence-electron chi connectivity index (χ4n) is 2.08. The molecule has 0 amide bonds. The maximum Gasteiger partial charge on any atom is 0.347 e. The Morgan fingerprint density at radius 2 is 2.05 bits per heavy atom. The molecule has 0 saturated heterocycles. The van der Waals surface area contributed by atoms with Crippen molar-refractivity contribution in [3.05, 3.63) is 27.4 Å². The van der Waals surface area contributed by atoms with Crippen molar-refractivity contribution >= 4 is 5.97 Å². The van der Waals surface area contributed by atoms with Crippen LogP contribution in [0.2, 0.25) is 0 Å². The maximum atomic E-state index is 11.9. The number of nitrogens with zero attached hydrogens (tertiary/aromatic N) is 2. The van der Waals surface area contributed by atoms with Gasteiger partial charge in [0.05, 0.1) is 6.42 Å². The minimum atomic E-state index is -0.922. The Bertz CT molecular complexity index is 523. The van der Waals surface area contributed by atoms with Crippen LogP contribution in [-0.2, 0) is 22.5 Å². The van der Waals surface area contributed by atoms with Crippen molar-refractivity contribution in [2.75, 3.05) is 13.2 Å². The molecular formula is C14H22N2O4. The van der Waals surface area contributed by atoms with Crippen molar-refractivity contribution in [1.82, 2.24) is 9.55 Å². The molecule has 0 aliphatic carbocycles. The second kappa shape index (κ2) is 7.79. The Morgan fingerprint density at radius 3 is 2.65 bits per heavy atom. The summed E-state index contributed by atoms with van der Waals surface area (Å²) in [5.74, 6) is -0.922. The fraction of sp³-hybridized carbons (Fsp3) is 0.643. The average molecular weight is 282 g/mol. The number of aromatic nitrogens is 2. The van der Waals surface area contributed by atoms with Gasteiger partial charge in [0.2, 0.25) is 0 Å². The third-order valence-electron chi connectivity index (χ3n) is 3.12. The molecule has 0 saturated carbocycles. The highest BCUT2D eigenvalue weighted by atomic mass is 16.5. The van der Waals surface area contributed by atoms with Gasteiger partial charge in [-0.1, -0.05) is 6.92 Å². The predicted octanol–water partition coefficient (Wildman–Crippen LogP) is 1.30. The van der Waals surface area contributed by atoms with Gasteiger partial charge < -0.3 is 9.84 Å². The number of aliphatic carboxylic acids is 1. The van der Waals surface area contributed by atoms with Crippen LogP contribution in [0.15, 0.2) is 4.79 Å². The summed E-state index contributed by atoms with van der Waals surface area (Å²) in [5.41, 5.74) is 1.46. The molecule has 0 bridgehead atoms. The lowest BCUT2D eigenvalue weighted by Gasteiger charge is -2.14. The van der Waals surface area contributed by atoms with Gasteiger partial charge >= 0.3 is 11.7 Å². The molecule has 0 spiro atoms. The van der Waals surface area contributed by atoms with Crippen molar-refractivity contribution in [1.29, 1.82) is 0 Å². The number of carboxylic acid groups (broad SMARTS) is 1. The lowest BCUT2D eigenvalue weighted by molar-refractivity contribution is -0.136. The van der Waals surface area contributed by atoms with E-state index < -0.39 is 5.97 Å². The zero-order valence-electron chi connectivity index (χ0n) is 12.3. The Morgan fingerprint density at radius 1 is 1.35 bits per heavy atom. The van der Waals surface area contributed by atoms with Gasteiger partial charge in [-0.15, -0.1) is 0 Å². The van der Waals surface area contributed by atoms with Gasteiger partial charge in [-0.3, -0.25) is 9.36 Å². The zero-order chi connectivity index (χ0) is 15.1. The van der Waals surface area contributed by atoms with Gasteiger partial charge in [0.25, 0.3) is 0 Å². The summed E-state index contributed by atoms with van der Waals surface area (Å²) in [4.78, 5) is 26.7. The molecule has 0 aromatic carbocycles. The number of carbonyl (C=O) groups is 1. The van der Waals surface area contributed by atoms with E-state index in [0.717, 1.165) is 6.42 Å². The number of rotatable bonds is 8. The lowest BCUT2D eigenvalue weighted by atomic mass is 10.1. The molecule has 1 rings (SSSR count). The molecular weight excluding hydrogens is 260 g/mol. The van der Waals surface area contributed by atoms with Crippen molar-refractivity contribution in [2.45, 2.75) is 46.6 Å². The second-order valence-electron chi connectivity index (χ2n) is 4.73. The highest BCUT2D eigenvalue weighted by Crippen LogP contribution is 2.10. The van der Waals surface area contributed by atoms with Crippen LogP contribution in [0.5, 0.6) is 0 Å². The number of hydrogen-bond acceptors (Lipinski definition) is 4. The van der Waals surface area contributed by atoms with Crippen molar-refractivity contribution in [2.24, 2.45) is 0 Å². The minimum Gasteiger partial charge on any atom is -0.481 e. The van der Waals surface area contributed by atoms with E-state index in [1.165, 1.54) is 4.57 Å². The predicted molar refractivity (Wildman–Crippen MR) is 75.0 cm³/mol. The molecule has 0 aliphatic heterocycles. The number of aryl methyl sites for hydroxylation is 1. The highest BCUT2D eigenvalue weighted by molar-refractivity contribution is 5.70. The molecule has 112 valence electrons. The molecule has 1 aromatic rings. The first-order chi connectivity index (χ1) is 9.47. The molecule has 1 heterocycles. The molecule has 0 aliphatic rings. The van der Waals surface area contributed by atoms with Crippen LogP contribution in [0.25, 0.3) is 0 Å². The molecule has 20 heavy (non-hydrogen) atoms. The Labute approximate surface area is 118 Å². The smallest absolute Gasteiger partial charge is 0.347 e. The van der Waals surface area contributed by atoms with Crippen LogP contribution in [0.1, 0.15) is 36.7 Å². The molecule has 6 heteroatoms. The van der Waals surface area contributed by atoms with Gasteiger partial charge in [0.15, 0.2) is 0 Å². The second-order valence-corrected chi connectivity index (χ2v) is 4.73. The molecule has 0 radical (unpaired) electrons. The topological polar surface area (TPSA) is 81.4 Å². The number of ether oxygens (including phenoxy) is 1. The van der Waals surface area contributed by atoms with E-state index in [4.69, 9.17) is 9.84 Å². The highest BCUT2D eigenvalue weighted by Gasteiger charge is 2.13. The monoisotopic (exact) mass is 282 g/mol. The number of hydrogen-bond donors (Lipinski definition) is 1. The van der Waals surface area contributed by atoms with Gasteiger partial charge in [0.1, 0.15) is 0 Å².